The number of rotatable bonds is 6. The van der Waals surface area contributed by atoms with E-state index in [1.807, 2.05) is 44.1 Å². The molecule has 138 valence electrons. The zero-order chi connectivity index (χ0) is 16.8. The molecule has 0 heterocycles. The third-order valence-electron chi connectivity index (χ3n) is 3.33. The number of hydrogen-bond acceptors (Lipinski definition) is 4. The molecule has 0 bridgehead atoms. The molecule has 0 aliphatic heterocycles. The fourth-order valence-corrected chi connectivity index (χ4v) is 2.06. The highest BCUT2D eigenvalue weighted by Crippen LogP contribution is 2.26. The lowest BCUT2D eigenvalue weighted by Gasteiger charge is -2.15. The van der Waals surface area contributed by atoms with E-state index in [1.54, 1.807) is 24.3 Å². The van der Waals surface area contributed by atoms with Gasteiger partial charge in [-0.2, -0.15) is 0 Å². The van der Waals surface area contributed by atoms with Crippen molar-refractivity contribution in [2.24, 2.45) is 0 Å². The highest BCUT2D eigenvalue weighted by Gasteiger charge is 2.11. The summed E-state index contributed by atoms with van der Waals surface area (Å²) in [5, 5.41) is 2.89. The molecule has 2 rings (SSSR count). The number of carbonyl (C=O) groups excluding carboxylic acids is 1. The molecule has 0 aliphatic carbocycles. The SMILES string of the molecule is Cc1ccc(NC(=O)c2cccc(N)c2)c(OCCN(C)C)c1.Cl.Cl. The molecule has 5 nitrogen and oxygen atoms in total. The Morgan fingerprint density at radius 2 is 1.88 bits per heavy atom. The van der Waals surface area contributed by atoms with Crippen LogP contribution in [-0.4, -0.2) is 38.1 Å². The molecular weight excluding hydrogens is 361 g/mol. The van der Waals surface area contributed by atoms with Gasteiger partial charge in [-0.25, -0.2) is 0 Å². The molecule has 0 saturated heterocycles. The summed E-state index contributed by atoms with van der Waals surface area (Å²) in [5.41, 5.74) is 8.53. The van der Waals surface area contributed by atoms with E-state index < -0.39 is 0 Å². The number of nitrogens with two attached hydrogens (primary N) is 1. The summed E-state index contributed by atoms with van der Waals surface area (Å²) in [6, 6.07) is 12.6. The molecule has 2 aromatic rings. The molecular formula is C18H25Cl2N3O2. The molecule has 1 amide bonds. The first kappa shape index (κ1) is 23.1. The Kier molecular flexibility index (Phi) is 9.98. The van der Waals surface area contributed by atoms with E-state index >= 15 is 0 Å². The second-order valence-electron chi connectivity index (χ2n) is 5.73. The molecule has 0 aromatic heterocycles. The number of nitrogen functional groups attached to an aromatic ring is 1. The number of likely N-dealkylation sites (N-methyl/N-ethyl adjacent to an activating group) is 1. The van der Waals surface area contributed by atoms with E-state index in [9.17, 15) is 4.79 Å². The predicted octanol–water partition coefficient (Wildman–Crippen LogP) is 3.61. The van der Waals surface area contributed by atoms with Gasteiger partial charge in [0.05, 0.1) is 5.69 Å². The maximum absolute atomic E-state index is 12.4. The zero-order valence-corrected chi connectivity index (χ0v) is 16.2. The molecule has 2 aromatic carbocycles. The monoisotopic (exact) mass is 385 g/mol. The van der Waals surface area contributed by atoms with Crippen LogP contribution in [0.5, 0.6) is 5.75 Å². The van der Waals surface area contributed by atoms with Gasteiger partial charge in [0, 0.05) is 17.8 Å². The summed E-state index contributed by atoms with van der Waals surface area (Å²) < 4.78 is 5.81. The van der Waals surface area contributed by atoms with Gasteiger partial charge >= 0.3 is 0 Å². The highest BCUT2D eigenvalue weighted by atomic mass is 35.5. The molecule has 0 spiro atoms. The molecule has 0 radical (unpaired) electrons. The smallest absolute Gasteiger partial charge is 0.255 e. The van der Waals surface area contributed by atoms with Crippen molar-refractivity contribution < 1.29 is 9.53 Å². The number of nitrogens with zero attached hydrogens (tertiary/aromatic N) is 1. The first-order chi connectivity index (χ1) is 11.0. The van der Waals surface area contributed by atoms with Crippen molar-refractivity contribution in [2.75, 3.05) is 38.3 Å². The van der Waals surface area contributed by atoms with Gasteiger partial charge < -0.3 is 20.7 Å². The number of amides is 1. The van der Waals surface area contributed by atoms with Crippen molar-refractivity contribution in [3.05, 3.63) is 53.6 Å². The molecule has 7 heteroatoms. The third-order valence-corrected chi connectivity index (χ3v) is 3.33. The van der Waals surface area contributed by atoms with E-state index in [1.165, 1.54) is 0 Å². The number of halogens is 2. The lowest BCUT2D eigenvalue weighted by molar-refractivity contribution is 0.102. The molecule has 0 aliphatic rings. The number of aryl methyl sites for hydroxylation is 1. The van der Waals surface area contributed by atoms with Gasteiger partial charge in [-0.05, 0) is 56.9 Å². The van der Waals surface area contributed by atoms with Gasteiger partial charge in [0.15, 0.2) is 0 Å². The Labute approximate surface area is 161 Å². The van der Waals surface area contributed by atoms with Crippen LogP contribution >= 0.6 is 24.8 Å². The Hall–Kier alpha value is -1.95. The van der Waals surface area contributed by atoms with Crippen molar-refractivity contribution in [3.63, 3.8) is 0 Å². The molecule has 0 atom stereocenters. The number of hydrogen-bond donors (Lipinski definition) is 2. The van der Waals surface area contributed by atoms with Crippen LogP contribution in [0.2, 0.25) is 0 Å². The van der Waals surface area contributed by atoms with Crippen LogP contribution in [0.1, 0.15) is 15.9 Å². The quantitative estimate of drug-likeness (QED) is 0.745. The average Bonchev–Trinajstić information content (AvgIpc) is 2.49. The van der Waals surface area contributed by atoms with Gasteiger partial charge in [0.2, 0.25) is 0 Å². The van der Waals surface area contributed by atoms with Crippen LogP contribution in [0.3, 0.4) is 0 Å². The molecule has 0 fully saturated rings. The van der Waals surface area contributed by atoms with Gasteiger partial charge in [-0.15, -0.1) is 24.8 Å². The summed E-state index contributed by atoms with van der Waals surface area (Å²) in [6.07, 6.45) is 0. The van der Waals surface area contributed by atoms with Crippen molar-refractivity contribution in [1.29, 1.82) is 0 Å². The van der Waals surface area contributed by atoms with Gasteiger partial charge in [0.25, 0.3) is 5.91 Å². The second kappa shape index (κ2) is 10.8. The average molecular weight is 386 g/mol. The van der Waals surface area contributed by atoms with Gasteiger partial charge in [-0.1, -0.05) is 12.1 Å². The standard InChI is InChI=1S/C18H23N3O2.2ClH/c1-13-7-8-16(17(11-13)23-10-9-21(2)3)20-18(22)14-5-4-6-15(19)12-14;;/h4-8,11-12H,9-10,19H2,1-3H3,(H,20,22);2*1H. The van der Waals surface area contributed by atoms with E-state index in [2.05, 4.69) is 5.32 Å². The fraction of sp³-hybridized carbons (Fsp3) is 0.278. The summed E-state index contributed by atoms with van der Waals surface area (Å²) in [7, 11) is 3.98. The first-order valence-electron chi connectivity index (χ1n) is 7.51. The molecule has 25 heavy (non-hydrogen) atoms. The zero-order valence-electron chi connectivity index (χ0n) is 14.6. The number of carbonyl (C=O) groups is 1. The normalized spacial score (nSPS) is 9.76. The number of benzene rings is 2. The van der Waals surface area contributed by atoms with Crippen LogP contribution in [0, 0.1) is 6.92 Å². The highest BCUT2D eigenvalue weighted by molar-refractivity contribution is 6.05. The van der Waals surface area contributed by atoms with Crippen LogP contribution in [0.15, 0.2) is 42.5 Å². The second-order valence-corrected chi connectivity index (χ2v) is 5.73. The predicted molar refractivity (Wildman–Crippen MR) is 109 cm³/mol. The van der Waals surface area contributed by atoms with Crippen LogP contribution in [0.4, 0.5) is 11.4 Å². The topological polar surface area (TPSA) is 67.6 Å². The fourth-order valence-electron chi connectivity index (χ4n) is 2.06. The lowest BCUT2D eigenvalue weighted by Crippen LogP contribution is -2.20. The minimum atomic E-state index is -0.210. The van der Waals surface area contributed by atoms with Crippen LogP contribution in [-0.2, 0) is 0 Å². The first-order valence-corrected chi connectivity index (χ1v) is 7.51. The number of ether oxygens (including phenoxy) is 1. The Morgan fingerprint density at radius 3 is 2.52 bits per heavy atom. The lowest BCUT2D eigenvalue weighted by atomic mass is 10.1. The maximum Gasteiger partial charge on any atom is 0.255 e. The minimum Gasteiger partial charge on any atom is -0.490 e. The third kappa shape index (κ3) is 7.22. The van der Waals surface area contributed by atoms with E-state index in [-0.39, 0.29) is 30.7 Å². The van der Waals surface area contributed by atoms with E-state index in [0.29, 0.717) is 29.3 Å². The summed E-state index contributed by atoms with van der Waals surface area (Å²) in [6.45, 7) is 3.34. The Bertz CT molecular complexity index is 694. The summed E-state index contributed by atoms with van der Waals surface area (Å²) in [5.74, 6) is 0.461. The van der Waals surface area contributed by atoms with E-state index in [4.69, 9.17) is 10.5 Å². The Balaban J connectivity index is 0.00000288. The van der Waals surface area contributed by atoms with Gasteiger partial charge in [0.1, 0.15) is 12.4 Å². The summed E-state index contributed by atoms with van der Waals surface area (Å²) in [4.78, 5) is 14.4. The summed E-state index contributed by atoms with van der Waals surface area (Å²) >= 11 is 0. The van der Waals surface area contributed by atoms with Crippen molar-refractivity contribution in [2.45, 2.75) is 6.92 Å². The van der Waals surface area contributed by atoms with Crippen LogP contribution < -0.4 is 15.8 Å². The van der Waals surface area contributed by atoms with Crippen molar-refractivity contribution in [3.8, 4) is 5.75 Å². The van der Waals surface area contributed by atoms with E-state index in [0.717, 1.165) is 12.1 Å². The number of nitrogens with one attached hydrogen (secondary N) is 1. The number of anilines is 2. The Morgan fingerprint density at radius 1 is 1.16 bits per heavy atom. The molecule has 0 unspecified atom stereocenters. The minimum absolute atomic E-state index is 0. The van der Waals surface area contributed by atoms with Crippen molar-refractivity contribution >= 4 is 42.1 Å². The van der Waals surface area contributed by atoms with Crippen molar-refractivity contribution in [1.82, 2.24) is 4.90 Å². The maximum atomic E-state index is 12.4. The van der Waals surface area contributed by atoms with Gasteiger partial charge in [-0.3, -0.25) is 4.79 Å². The van der Waals surface area contributed by atoms with Crippen LogP contribution in [0.25, 0.3) is 0 Å². The molecule has 3 N–H and O–H groups in total. The molecule has 0 saturated carbocycles. The largest absolute Gasteiger partial charge is 0.490 e.